The lowest BCUT2D eigenvalue weighted by atomic mass is 10.1. The number of ether oxygens (including phenoxy) is 2. The van der Waals surface area contributed by atoms with Crippen LogP contribution in [0.2, 0.25) is 0 Å². The SMILES string of the molecule is O=C(O)Cc1ccc(F)cc1OC[C@@H]1CO1. The summed E-state index contributed by atoms with van der Waals surface area (Å²) in [4.78, 5) is 10.6. The van der Waals surface area contributed by atoms with Crippen LogP contribution in [-0.2, 0) is 16.0 Å². The highest BCUT2D eigenvalue weighted by molar-refractivity contribution is 5.71. The highest BCUT2D eigenvalue weighted by atomic mass is 19.1. The first-order valence-corrected chi connectivity index (χ1v) is 4.90. The van der Waals surface area contributed by atoms with E-state index in [1.807, 2.05) is 0 Å². The predicted molar refractivity (Wildman–Crippen MR) is 53.0 cm³/mol. The fraction of sp³-hybridized carbons (Fsp3) is 0.364. The zero-order chi connectivity index (χ0) is 11.5. The first kappa shape index (κ1) is 10.9. The van der Waals surface area contributed by atoms with Crippen LogP contribution in [0.4, 0.5) is 4.39 Å². The van der Waals surface area contributed by atoms with Gasteiger partial charge in [0.25, 0.3) is 0 Å². The van der Waals surface area contributed by atoms with E-state index < -0.39 is 11.8 Å². The van der Waals surface area contributed by atoms with Gasteiger partial charge in [-0.1, -0.05) is 6.07 Å². The van der Waals surface area contributed by atoms with Crippen molar-refractivity contribution in [3.05, 3.63) is 29.6 Å². The van der Waals surface area contributed by atoms with Gasteiger partial charge in [0.1, 0.15) is 24.3 Å². The van der Waals surface area contributed by atoms with Crippen molar-refractivity contribution in [3.8, 4) is 5.75 Å². The van der Waals surface area contributed by atoms with Gasteiger partial charge in [-0.05, 0) is 6.07 Å². The van der Waals surface area contributed by atoms with Crippen molar-refractivity contribution < 1.29 is 23.8 Å². The van der Waals surface area contributed by atoms with E-state index in [-0.39, 0.29) is 18.3 Å². The molecule has 0 spiro atoms. The average molecular weight is 226 g/mol. The zero-order valence-electron chi connectivity index (χ0n) is 8.48. The molecule has 5 heteroatoms. The number of carbonyl (C=O) groups is 1. The van der Waals surface area contributed by atoms with Crippen molar-refractivity contribution in [2.75, 3.05) is 13.2 Å². The van der Waals surface area contributed by atoms with Gasteiger partial charge in [-0.15, -0.1) is 0 Å². The molecule has 2 rings (SSSR count). The molecule has 1 saturated heterocycles. The van der Waals surface area contributed by atoms with Crippen LogP contribution in [0, 0.1) is 5.82 Å². The van der Waals surface area contributed by atoms with Crippen LogP contribution in [0.25, 0.3) is 0 Å². The van der Waals surface area contributed by atoms with E-state index in [2.05, 4.69) is 0 Å². The lowest BCUT2D eigenvalue weighted by Gasteiger charge is -2.09. The summed E-state index contributed by atoms with van der Waals surface area (Å²) < 4.78 is 23.2. The predicted octanol–water partition coefficient (Wildman–Crippen LogP) is 1.23. The van der Waals surface area contributed by atoms with Gasteiger partial charge in [-0.25, -0.2) is 4.39 Å². The van der Waals surface area contributed by atoms with Crippen LogP contribution in [0.3, 0.4) is 0 Å². The summed E-state index contributed by atoms with van der Waals surface area (Å²) in [7, 11) is 0. The maximum atomic E-state index is 13.0. The first-order valence-electron chi connectivity index (χ1n) is 4.90. The maximum absolute atomic E-state index is 13.0. The van der Waals surface area contributed by atoms with Crippen molar-refractivity contribution in [1.29, 1.82) is 0 Å². The molecule has 1 aromatic carbocycles. The summed E-state index contributed by atoms with van der Waals surface area (Å²) in [5, 5.41) is 8.68. The number of halogens is 1. The molecule has 0 amide bonds. The molecule has 1 aliphatic rings. The topological polar surface area (TPSA) is 59.1 Å². The van der Waals surface area contributed by atoms with Crippen LogP contribution >= 0.6 is 0 Å². The second-order valence-corrected chi connectivity index (χ2v) is 3.59. The smallest absolute Gasteiger partial charge is 0.307 e. The number of hydrogen-bond acceptors (Lipinski definition) is 3. The normalized spacial score (nSPS) is 18.2. The quantitative estimate of drug-likeness (QED) is 0.767. The molecular formula is C11H11FO4. The summed E-state index contributed by atoms with van der Waals surface area (Å²) in [5.74, 6) is -1.14. The summed E-state index contributed by atoms with van der Waals surface area (Å²) in [6.45, 7) is 0.972. The third-order valence-corrected chi connectivity index (χ3v) is 2.20. The van der Waals surface area contributed by atoms with Crippen LogP contribution in [0.15, 0.2) is 18.2 Å². The lowest BCUT2D eigenvalue weighted by molar-refractivity contribution is -0.136. The van der Waals surface area contributed by atoms with Crippen molar-refractivity contribution in [3.63, 3.8) is 0 Å². The molecule has 0 bridgehead atoms. The second-order valence-electron chi connectivity index (χ2n) is 3.59. The van der Waals surface area contributed by atoms with Gasteiger partial charge in [-0.3, -0.25) is 4.79 Å². The van der Waals surface area contributed by atoms with Crippen molar-refractivity contribution in [2.45, 2.75) is 12.5 Å². The molecule has 0 unspecified atom stereocenters. The first-order chi connectivity index (χ1) is 7.65. The minimum atomic E-state index is -0.973. The zero-order valence-corrected chi connectivity index (χ0v) is 8.48. The van der Waals surface area contributed by atoms with Crippen LogP contribution in [0.5, 0.6) is 5.75 Å². The summed E-state index contributed by atoms with van der Waals surface area (Å²) >= 11 is 0. The fourth-order valence-corrected chi connectivity index (χ4v) is 1.32. The monoisotopic (exact) mass is 226 g/mol. The fourth-order valence-electron chi connectivity index (χ4n) is 1.32. The molecule has 1 heterocycles. The minimum Gasteiger partial charge on any atom is -0.490 e. The van der Waals surface area contributed by atoms with E-state index >= 15 is 0 Å². The number of carboxylic acids is 1. The maximum Gasteiger partial charge on any atom is 0.307 e. The lowest BCUT2D eigenvalue weighted by Crippen LogP contribution is -2.08. The molecule has 0 radical (unpaired) electrons. The second kappa shape index (κ2) is 4.49. The van der Waals surface area contributed by atoms with Gasteiger partial charge < -0.3 is 14.6 Å². The molecule has 16 heavy (non-hydrogen) atoms. The third-order valence-electron chi connectivity index (χ3n) is 2.20. The Kier molecular flexibility index (Phi) is 3.05. The summed E-state index contributed by atoms with van der Waals surface area (Å²) in [5.41, 5.74) is 0.467. The minimum absolute atomic E-state index is 0.0564. The van der Waals surface area contributed by atoms with Crippen molar-refractivity contribution >= 4 is 5.97 Å². The Bertz CT molecular complexity index is 401. The number of epoxide rings is 1. The van der Waals surface area contributed by atoms with E-state index in [4.69, 9.17) is 14.6 Å². The van der Waals surface area contributed by atoms with Gasteiger partial charge >= 0.3 is 5.97 Å². The van der Waals surface area contributed by atoms with Crippen molar-refractivity contribution in [1.82, 2.24) is 0 Å². The number of benzene rings is 1. The number of carboxylic acid groups (broad SMARTS) is 1. The number of aliphatic carboxylic acids is 1. The molecule has 4 nitrogen and oxygen atoms in total. The van der Waals surface area contributed by atoms with Crippen LogP contribution < -0.4 is 4.74 Å². The highest BCUT2D eigenvalue weighted by Gasteiger charge is 2.23. The Morgan fingerprint density at radius 1 is 1.62 bits per heavy atom. The highest BCUT2D eigenvalue weighted by Crippen LogP contribution is 2.22. The Labute approximate surface area is 91.6 Å². The van der Waals surface area contributed by atoms with Gasteiger partial charge in [-0.2, -0.15) is 0 Å². The Balaban J connectivity index is 2.10. The van der Waals surface area contributed by atoms with Gasteiger partial charge in [0.15, 0.2) is 0 Å². The molecule has 1 atom stereocenters. The van der Waals surface area contributed by atoms with E-state index in [9.17, 15) is 9.18 Å². The molecule has 0 aromatic heterocycles. The van der Waals surface area contributed by atoms with Gasteiger partial charge in [0.2, 0.25) is 0 Å². The summed E-state index contributed by atoms with van der Waals surface area (Å²) in [6.07, 6.45) is -0.123. The van der Waals surface area contributed by atoms with Crippen LogP contribution in [-0.4, -0.2) is 30.4 Å². The van der Waals surface area contributed by atoms with Gasteiger partial charge in [0.05, 0.1) is 13.0 Å². The number of hydrogen-bond donors (Lipinski definition) is 1. The standard InChI is InChI=1S/C11H11FO4/c12-8-2-1-7(3-11(13)14)10(4-8)16-6-9-5-15-9/h1-2,4,9H,3,5-6H2,(H,13,14)/t9-/m0/s1. The molecule has 0 saturated carbocycles. The molecule has 0 aliphatic carbocycles. The molecule has 1 N–H and O–H groups in total. The molecule has 1 aromatic rings. The van der Waals surface area contributed by atoms with Gasteiger partial charge in [0, 0.05) is 11.6 Å². The Morgan fingerprint density at radius 2 is 2.38 bits per heavy atom. The number of rotatable bonds is 5. The van der Waals surface area contributed by atoms with E-state index in [1.165, 1.54) is 18.2 Å². The molecule has 1 fully saturated rings. The van der Waals surface area contributed by atoms with Crippen molar-refractivity contribution in [2.24, 2.45) is 0 Å². The Morgan fingerprint density at radius 3 is 3.00 bits per heavy atom. The van der Waals surface area contributed by atoms with E-state index in [0.717, 1.165) is 0 Å². The summed E-state index contributed by atoms with van der Waals surface area (Å²) in [6, 6.07) is 3.84. The molecule has 1 aliphatic heterocycles. The van der Waals surface area contributed by atoms with E-state index in [0.29, 0.717) is 18.8 Å². The third kappa shape index (κ3) is 2.93. The average Bonchev–Trinajstić information content (AvgIpc) is 3.01. The molecule has 86 valence electrons. The van der Waals surface area contributed by atoms with E-state index in [1.54, 1.807) is 0 Å². The Hall–Kier alpha value is -1.62. The largest absolute Gasteiger partial charge is 0.490 e. The van der Waals surface area contributed by atoms with Crippen LogP contribution in [0.1, 0.15) is 5.56 Å². The molecular weight excluding hydrogens is 215 g/mol.